The first-order chi connectivity index (χ1) is 9.35. The largest absolute Gasteiger partial charge is 0.466 e. The van der Waals surface area contributed by atoms with Gasteiger partial charge in [-0.25, -0.2) is 4.79 Å². The smallest absolute Gasteiger partial charge is 0.328 e. The Bertz CT molecular complexity index is 396. The van der Waals surface area contributed by atoms with E-state index in [0.717, 1.165) is 4.90 Å². The Morgan fingerprint density at radius 2 is 1.95 bits per heavy atom. The van der Waals surface area contributed by atoms with Crippen LogP contribution in [0.15, 0.2) is 0 Å². The zero-order valence-electron chi connectivity index (χ0n) is 12.0. The first-order valence-corrected chi connectivity index (χ1v) is 6.72. The van der Waals surface area contributed by atoms with E-state index in [0.29, 0.717) is 0 Å². The first-order valence-electron chi connectivity index (χ1n) is 6.72. The number of hydrogen-bond donors (Lipinski definition) is 1. The third kappa shape index (κ3) is 3.47. The molecule has 0 aliphatic carbocycles. The topological polar surface area (TPSA) is 93.1 Å². The van der Waals surface area contributed by atoms with Crippen LogP contribution in [-0.2, 0) is 23.9 Å². The van der Waals surface area contributed by atoms with Crippen LogP contribution in [0.2, 0.25) is 0 Å². The Morgan fingerprint density at radius 1 is 1.35 bits per heavy atom. The molecule has 20 heavy (non-hydrogen) atoms. The molecule has 1 heterocycles. The van der Waals surface area contributed by atoms with E-state index in [1.807, 2.05) is 0 Å². The number of esters is 2. The standard InChI is InChI=1S/C13H21NO6/c1-4-19-11(16)8-13(18)7-6-10(15)14(13)9(3)12(17)20-5-2/h9,18H,4-8H2,1-3H3. The number of amides is 1. The highest BCUT2D eigenvalue weighted by atomic mass is 16.5. The molecule has 7 nitrogen and oxygen atoms in total. The van der Waals surface area contributed by atoms with Gasteiger partial charge >= 0.3 is 11.9 Å². The van der Waals surface area contributed by atoms with Crippen LogP contribution in [-0.4, -0.2) is 52.8 Å². The molecule has 1 rings (SSSR count). The highest BCUT2D eigenvalue weighted by Crippen LogP contribution is 2.33. The Hall–Kier alpha value is -1.63. The molecular weight excluding hydrogens is 266 g/mol. The van der Waals surface area contributed by atoms with Crippen LogP contribution >= 0.6 is 0 Å². The average molecular weight is 287 g/mol. The summed E-state index contributed by atoms with van der Waals surface area (Å²) < 4.78 is 9.64. The van der Waals surface area contributed by atoms with Crippen LogP contribution < -0.4 is 0 Å². The summed E-state index contributed by atoms with van der Waals surface area (Å²) in [5.41, 5.74) is -1.69. The predicted molar refractivity (Wildman–Crippen MR) is 68.4 cm³/mol. The van der Waals surface area contributed by atoms with Gasteiger partial charge in [-0.15, -0.1) is 0 Å². The molecule has 114 valence electrons. The normalized spacial score (nSPS) is 23.6. The number of carbonyl (C=O) groups is 3. The minimum absolute atomic E-state index is 0.0830. The monoisotopic (exact) mass is 287 g/mol. The average Bonchev–Trinajstić information content (AvgIpc) is 2.64. The van der Waals surface area contributed by atoms with Gasteiger partial charge in [-0.05, 0) is 20.8 Å². The van der Waals surface area contributed by atoms with Crippen molar-refractivity contribution in [2.24, 2.45) is 0 Å². The van der Waals surface area contributed by atoms with E-state index in [4.69, 9.17) is 9.47 Å². The Labute approximate surface area is 117 Å². The zero-order chi connectivity index (χ0) is 15.3. The maximum absolute atomic E-state index is 11.9. The van der Waals surface area contributed by atoms with Gasteiger partial charge in [-0.1, -0.05) is 0 Å². The quantitative estimate of drug-likeness (QED) is 0.702. The van der Waals surface area contributed by atoms with E-state index in [-0.39, 0.29) is 38.4 Å². The number of aliphatic hydroxyl groups is 1. The maximum atomic E-state index is 11.9. The molecular formula is C13H21NO6. The summed E-state index contributed by atoms with van der Waals surface area (Å²) in [5.74, 6) is -1.59. The summed E-state index contributed by atoms with van der Waals surface area (Å²) in [6, 6.07) is -0.940. The van der Waals surface area contributed by atoms with Crippen molar-refractivity contribution in [2.45, 2.75) is 51.8 Å². The van der Waals surface area contributed by atoms with Crippen LogP contribution in [0.4, 0.5) is 0 Å². The lowest BCUT2D eigenvalue weighted by Gasteiger charge is -2.36. The molecule has 1 amide bonds. The van der Waals surface area contributed by atoms with Crippen molar-refractivity contribution in [2.75, 3.05) is 13.2 Å². The summed E-state index contributed by atoms with van der Waals surface area (Å²) in [4.78, 5) is 36.2. The van der Waals surface area contributed by atoms with Crippen molar-refractivity contribution in [3.63, 3.8) is 0 Å². The molecule has 7 heteroatoms. The van der Waals surface area contributed by atoms with E-state index < -0.39 is 23.7 Å². The number of hydrogen-bond acceptors (Lipinski definition) is 6. The minimum atomic E-state index is -1.69. The van der Waals surface area contributed by atoms with E-state index in [1.54, 1.807) is 13.8 Å². The number of likely N-dealkylation sites (tertiary alicyclic amines) is 1. The van der Waals surface area contributed by atoms with Crippen molar-refractivity contribution in [3.8, 4) is 0 Å². The lowest BCUT2D eigenvalue weighted by Crippen LogP contribution is -2.54. The fourth-order valence-corrected chi connectivity index (χ4v) is 2.34. The first kappa shape index (κ1) is 16.4. The molecule has 1 aliphatic rings. The summed E-state index contributed by atoms with van der Waals surface area (Å²) in [6.07, 6.45) is -0.176. The van der Waals surface area contributed by atoms with Crippen LogP contribution in [0.1, 0.15) is 40.0 Å². The summed E-state index contributed by atoms with van der Waals surface area (Å²) >= 11 is 0. The van der Waals surface area contributed by atoms with Crippen LogP contribution in [0.3, 0.4) is 0 Å². The molecule has 0 saturated carbocycles. The van der Waals surface area contributed by atoms with E-state index in [1.165, 1.54) is 6.92 Å². The molecule has 2 unspecified atom stereocenters. The molecule has 1 N–H and O–H groups in total. The molecule has 0 radical (unpaired) electrons. The fraction of sp³-hybridized carbons (Fsp3) is 0.769. The van der Waals surface area contributed by atoms with Gasteiger partial charge in [-0.3, -0.25) is 9.59 Å². The second-order valence-electron chi connectivity index (χ2n) is 4.66. The van der Waals surface area contributed by atoms with Gasteiger partial charge in [0.1, 0.15) is 6.04 Å². The molecule has 2 atom stereocenters. The maximum Gasteiger partial charge on any atom is 0.328 e. The molecule has 0 bridgehead atoms. The van der Waals surface area contributed by atoms with Gasteiger partial charge in [-0.2, -0.15) is 0 Å². The molecule has 0 aromatic rings. The van der Waals surface area contributed by atoms with Crippen molar-refractivity contribution in [1.82, 2.24) is 4.90 Å². The predicted octanol–water partition coefficient (Wildman–Crippen LogP) is 0.202. The highest BCUT2D eigenvalue weighted by molar-refractivity contribution is 5.87. The SMILES string of the molecule is CCOC(=O)CC1(O)CCC(=O)N1C(C)C(=O)OCC. The number of rotatable bonds is 6. The van der Waals surface area contributed by atoms with Crippen molar-refractivity contribution in [1.29, 1.82) is 0 Å². The number of carbonyl (C=O) groups excluding carboxylic acids is 3. The molecule has 1 aliphatic heterocycles. The van der Waals surface area contributed by atoms with Crippen LogP contribution in [0.5, 0.6) is 0 Å². The summed E-state index contributed by atoms with van der Waals surface area (Å²) in [6.45, 7) is 5.15. The van der Waals surface area contributed by atoms with Crippen LogP contribution in [0.25, 0.3) is 0 Å². The Kier molecular flexibility index (Phi) is 5.50. The Morgan fingerprint density at radius 3 is 2.50 bits per heavy atom. The van der Waals surface area contributed by atoms with E-state index in [2.05, 4.69) is 0 Å². The van der Waals surface area contributed by atoms with Crippen molar-refractivity contribution in [3.05, 3.63) is 0 Å². The molecule has 1 saturated heterocycles. The van der Waals surface area contributed by atoms with E-state index >= 15 is 0 Å². The molecule has 1 fully saturated rings. The highest BCUT2D eigenvalue weighted by Gasteiger charge is 2.49. The lowest BCUT2D eigenvalue weighted by atomic mass is 10.1. The summed E-state index contributed by atoms with van der Waals surface area (Å²) in [7, 11) is 0. The lowest BCUT2D eigenvalue weighted by molar-refractivity contribution is -0.176. The third-order valence-corrected chi connectivity index (χ3v) is 3.20. The number of ether oxygens (including phenoxy) is 2. The zero-order valence-corrected chi connectivity index (χ0v) is 12.0. The van der Waals surface area contributed by atoms with Crippen LogP contribution in [0, 0.1) is 0 Å². The Balaban J connectivity index is 2.86. The fourth-order valence-electron chi connectivity index (χ4n) is 2.34. The van der Waals surface area contributed by atoms with Crippen molar-refractivity contribution < 1.29 is 29.0 Å². The molecule has 0 aromatic carbocycles. The summed E-state index contributed by atoms with van der Waals surface area (Å²) in [5, 5.41) is 10.5. The second kappa shape index (κ2) is 6.69. The minimum Gasteiger partial charge on any atom is -0.466 e. The van der Waals surface area contributed by atoms with Crippen molar-refractivity contribution >= 4 is 17.8 Å². The van der Waals surface area contributed by atoms with Gasteiger partial charge in [0.05, 0.1) is 19.6 Å². The van der Waals surface area contributed by atoms with E-state index in [9.17, 15) is 19.5 Å². The van der Waals surface area contributed by atoms with Gasteiger partial charge in [0.25, 0.3) is 0 Å². The van der Waals surface area contributed by atoms with Gasteiger partial charge < -0.3 is 19.5 Å². The van der Waals surface area contributed by atoms with Gasteiger partial charge in [0.2, 0.25) is 5.91 Å². The molecule has 0 spiro atoms. The third-order valence-electron chi connectivity index (χ3n) is 3.20. The second-order valence-corrected chi connectivity index (χ2v) is 4.66. The molecule has 0 aromatic heterocycles. The van der Waals surface area contributed by atoms with Gasteiger partial charge in [0.15, 0.2) is 5.72 Å². The number of nitrogens with zero attached hydrogens (tertiary/aromatic N) is 1. The van der Waals surface area contributed by atoms with Gasteiger partial charge in [0, 0.05) is 12.8 Å².